The fraction of sp³-hybridized carbons (Fsp3) is 0.214. The number of nitrogens with zero attached hydrogens (tertiary/aromatic N) is 2. The van der Waals surface area contributed by atoms with Gasteiger partial charge in [0.15, 0.2) is 0 Å². The Balaban J connectivity index is 1.98. The molecule has 0 saturated heterocycles. The van der Waals surface area contributed by atoms with Crippen molar-refractivity contribution in [3.05, 3.63) is 53.4 Å². The van der Waals surface area contributed by atoms with Gasteiger partial charge in [0.2, 0.25) is 0 Å². The first-order chi connectivity index (χ1) is 10.1. The molecule has 1 aliphatic rings. The summed E-state index contributed by atoms with van der Waals surface area (Å²) in [7, 11) is 0. The fourth-order valence-electron chi connectivity index (χ4n) is 2.46. The molecule has 3 rings (SSSR count). The first-order valence-electron chi connectivity index (χ1n) is 6.37. The van der Waals surface area contributed by atoms with Gasteiger partial charge >= 0.3 is 5.97 Å². The molecule has 1 amide bonds. The lowest BCUT2D eigenvalue weighted by molar-refractivity contribution is -0.142. The van der Waals surface area contributed by atoms with Crippen LogP contribution in [0.3, 0.4) is 0 Å². The molecule has 0 bridgehead atoms. The molecule has 0 fully saturated rings. The quantitative estimate of drug-likeness (QED) is 0.869. The molecule has 2 aromatic rings. The van der Waals surface area contributed by atoms with Gasteiger partial charge in [-0.15, -0.1) is 0 Å². The number of fused-ring (bicyclic) bond motifs is 1. The molecular weight excluding hydrogens is 277 g/mol. The van der Waals surface area contributed by atoms with E-state index in [1.54, 1.807) is 0 Å². The normalized spacial score (nSPS) is 17.4. The minimum absolute atomic E-state index is 0.0689. The van der Waals surface area contributed by atoms with Crippen LogP contribution in [0.25, 0.3) is 0 Å². The summed E-state index contributed by atoms with van der Waals surface area (Å²) in [5.74, 6) is -2.43. The summed E-state index contributed by atoms with van der Waals surface area (Å²) in [4.78, 5) is 31.9. The number of aromatic amines is 1. The van der Waals surface area contributed by atoms with E-state index in [0.717, 1.165) is 4.90 Å². The Labute approximate surface area is 119 Å². The van der Waals surface area contributed by atoms with Crippen molar-refractivity contribution >= 4 is 11.9 Å². The van der Waals surface area contributed by atoms with E-state index < -0.39 is 23.7 Å². The molecule has 21 heavy (non-hydrogen) atoms. The standard InChI is InChI=1S/C14H12FN3O3/c15-9-4-2-1-3-8(9)13(19)18-6-11-10(16-7-17-11)5-12(18)14(20)21/h1-4,7,12H,5-6H2,(H,16,17)(H,20,21). The SMILES string of the molecule is O=C(O)C1Cc2nc[nH]c2CN1C(=O)c1ccccc1F. The number of amides is 1. The van der Waals surface area contributed by atoms with E-state index in [2.05, 4.69) is 9.97 Å². The number of carbonyl (C=O) groups excluding carboxylic acids is 1. The van der Waals surface area contributed by atoms with Crippen molar-refractivity contribution in [1.82, 2.24) is 14.9 Å². The first kappa shape index (κ1) is 13.3. The number of carboxylic acids is 1. The second-order valence-corrected chi connectivity index (χ2v) is 4.80. The average Bonchev–Trinajstić information content (AvgIpc) is 2.93. The molecule has 7 heteroatoms. The van der Waals surface area contributed by atoms with Crippen molar-refractivity contribution in [3.8, 4) is 0 Å². The molecule has 1 unspecified atom stereocenters. The Kier molecular flexibility index (Phi) is 3.17. The van der Waals surface area contributed by atoms with Crippen molar-refractivity contribution in [1.29, 1.82) is 0 Å². The molecular formula is C14H12FN3O3. The van der Waals surface area contributed by atoms with Crippen molar-refractivity contribution in [2.75, 3.05) is 0 Å². The van der Waals surface area contributed by atoms with Crippen molar-refractivity contribution in [2.45, 2.75) is 19.0 Å². The van der Waals surface area contributed by atoms with Gasteiger partial charge in [0.25, 0.3) is 5.91 Å². The van der Waals surface area contributed by atoms with Gasteiger partial charge in [-0.1, -0.05) is 12.1 Å². The second kappa shape index (κ2) is 5.01. The Morgan fingerprint density at radius 1 is 1.38 bits per heavy atom. The van der Waals surface area contributed by atoms with Crippen LogP contribution in [0.4, 0.5) is 4.39 Å². The summed E-state index contributed by atoms with van der Waals surface area (Å²) in [6.07, 6.45) is 1.56. The molecule has 0 saturated carbocycles. The topological polar surface area (TPSA) is 86.3 Å². The third kappa shape index (κ3) is 2.26. The van der Waals surface area contributed by atoms with Crippen LogP contribution in [0.15, 0.2) is 30.6 Å². The lowest BCUT2D eigenvalue weighted by atomic mass is 10.0. The van der Waals surface area contributed by atoms with Crippen LogP contribution < -0.4 is 0 Å². The van der Waals surface area contributed by atoms with Crippen LogP contribution in [0, 0.1) is 5.82 Å². The molecule has 1 aromatic carbocycles. The van der Waals surface area contributed by atoms with Gasteiger partial charge in [-0.3, -0.25) is 4.79 Å². The number of aliphatic carboxylic acids is 1. The van der Waals surface area contributed by atoms with Crippen molar-refractivity contribution in [2.24, 2.45) is 0 Å². The summed E-state index contributed by atoms with van der Waals surface area (Å²) in [6, 6.07) is 4.49. The zero-order valence-corrected chi connectivity index (χ0v) is 10.9. The summed E-state index contributed by atoms with van der Waals surface area (Å²) < 4.78 is 13.7. The minimum atomic E-state index is -1.13. The molecule has 6 nitrogen and oxygen atoms in total. The second-order valence-electron chi connectivity index (χ2n) is 4.80. The maximum Gasteiger partial charge on any atom is 0.326 e. The zero-order chi connectivity index (χ0) is 15.0. The van der Waals surface area contributed by atoms with Gasteiger partial charge in [0.1, 0.15) is 11.9 Å². The molecule has 0 radical (unpaired) electrons. The third-order valence-electron chi connectivity index (χ3n) is 3.55. The highest BCUT2D eigenvalue weighted by molar-refractivity contribution is 5.97. The van der Waals surface area contributed by atoms with Gasteiger partial charge < -0.3 is 15.0 Å². The Hall–Kier alpha value is -2.70. The van der Waals surface area contributed by atoms with Crippen LogP contribution in [-0.4, -0.2) is 37.9 Å². The number of carboxylic acid groups (broad SMARTS) is 1. The largest absolute Gasteiger partial charge is 0.480 e. The summed E-state index contributed by atoms with van der Waals surface area (Å²) >= 11 is 0. The summed E-state index contributed by atoms with van der Waals surface area (Å²) in [5.41, 5.74) is 1.17. The smallest absolute Gasteiger partial charge is 0.326 e. The lowest BCUT2D eigenvalue weighted by Crippen LogP contribution is -2.48. The Bertz CT molecular complexity index is 713. The molecule has 1 aromatic heterocycles. The molecule has 1 atom stereocenters. The number of nitrogens with one attached hydrogen (secondary N) is 1. The number of H-pyrrole nitrogens is 1. The van der Waals surface area contributed by atoms with E-state index in [9.17, 15) is 19.1 Å². The number of rotatable bonds is 2. The maximum atomic E-state index is 13.7. The molecule has 108 valence electrons. The number of hydrogen-bond donors (Lipinski definition) is 2. The average molecular weight is 289 g/mol. The number of carbonyl (C=O) groups is 2. The van der Waals surface area contributed by atoms with Crippen LogP contribution in [0.5, 0.6) is 0 Å². The first-order valence-corrected chi connectivity index (χ1v) is 6.37. The van der Waals surface area contributed by atoms with Gasteiger partial charge in [0.05, 0.1) is 29.8 Å². The van der Waals surface area contributed by atoms with E-state index in [-0.39, 0.29) is 18.5 Å². The van der Waals surface area contributed by atoms with Gasteiger partial charge in [-0.05, 0) is 12.1 Å². The summed E-state index contributed by atoms with van der Waals surface area (Å²) in [5, 5.41) is 9.31. The zero-order valence-electron chi connectivity index (χ0n) is 10.9. The Morgan fingerprint density at radius 3 is 2.86 bits per heavy atom. The number of imidazole rings is 1. The number of aromatic nitrogens is 2. The van der Waals surface area contributed by atoms with Gasteiger partial charge in [-0.2, -0.15) is 0 Å². The molecule has 1 aliphatic heterocycles. The van der Waals surface area contributed by atoms with Crippen molar-refractivity contribution < 1.29 is 19.1 Å². The summed E-state index contributed by atoms with van der Waals surface area (Å²) in [6.45, 7) is 0.0689. The highest BCUT2D eigenvalue weighted by atomic mass is 19.1. The monoisotopic (exact) mass is 289 g/mol. The van der Waals surface area contributed by atoms with E-state index in [4.69, 9.17) is 0 Å². The Morgan fingerprint density at radius 2 is 2.14 bits per heavy atom. The van der Waals surface area contributed by atoms with E-state index >= 15 is 0 Å². The van der Waals surface area contributed by atoms with E-state index in [0.29, 0.717) is 11.4 Å². The molecule has 0 spiro atoms. The van der Waals surface area contributed by atoms with Crippen LogP contribution >= 0.6 is 0 Å². The predicted octanol–water partition coefficient (Wildman–Crippen LogP) is 1.20. The minimum Gasteiger partial charge on any atom is -0.480 e. The van der Waals surface area contributed by atoms with Gasteiger partial charge in [-0.25, -0.2) is 14.2 Å². The lowest BCUT2D eigenvalue weighted by Gasteiger charge is -2.32. The van der Waals surface area contributed by atoms with Crippen LogP contribution in [0.1, 0.15) is 21.7 Å². The molecule has 0 aliphatic carbocycles. The van der Waals surface area contributed by atoms with Gasteiger partial charge in [0, 0.05) is 6.42 Å². The van der Waals surface area contributed by atoms with E-state index in [1.807, 2.05) is 0 Å². The van der Waals surface area contributed by atoms with Crippen LogP contribution in [0.2, 0.25) is 0 Å². The number of hydrogen-bond acceptors (Lipinski definition) is 3. The van der Waals surface area contributed by atoms with Crippen molar-refractivity contribution in [3.63, 3.8) is 0 Å². The van der Waals surface area contributed by atoms with Crippen LogP contribution in [-0.2, 0) is 17.8 Å². The molecule has 2 heterocycles. The maximum absolute atomic E-state index is 13.7. The highest BCUT2D eigenvalue weighted by Crippen LogP contribution is 2.23. The fourth-order valence-corrected chi connectivity index (χ4v) is 2.46. The molecule has 2 N–H and O–H groups in total. The van der Waals surface area contributed by atoms with E-state index in [1.165, 1.54) is 30.6 Å². The highest BCUT2D eigenvalue weighted by Gasteiger charge is 2.36. The predicted molar refractivity (Wildman–Crippen MR) is 70.0 cm³/mol. The number of halogens is 1. The number of benzene rings is 1. The third-order valence-corrected chi connectivity index (χ3v) is 3.55.